The molecule has 5 nitrogen and oxygen atoms in total. The fourth-order valence-electron chi connectivity index (χ4n) is 3.32. The van der Waals surface area contributed by atoms with E-state index in [1.54, 1.807) is 28.4 Å². The molecule has 0 saturated heterocycles. The summed E-state index contributed by atoms with van der Waals surface area (Å²) in [5, 5.41) is 10.1. The Morgan fingerprint density at radius 1 is 0.571 bits per heavy atom. The SMILES string of the molecule is COc1cccc(OC)c1-c1cccc(-c2c(OC)cccc2OC)c1C#N. The summed E-state index contributed by atoms with van der Waals surface area (Å²) in [4.78, 5) is 0. The summed E-state index contributed by atoms with van der Waals surface area (Å²) in [7, 11) is 6.38. The van der Waals surface area contributed by atoms with Gasteiger partial charge in [0.05, 0.1) is 45.1 Å². The van der Waals surface area contributed by atoms with E-state index < -0.39 is 0 Å². The highest BCUT2D eigenvalue weighted by molar-refractivity contribution is 5.90. The fraction of sp³-hybridized carbons (Fsp3) is 0.174. The van der Waals surface area contributed by atoms with E-state index in [4.69, 9.17) is 18.9 Å². The number of nitriles is 1. The number of nitrogens with zero attached hydrogens (tertiary/aromatic N) is 1. The van der Waals surface area contributed by atoms with Crippen molar-refractivity contribution in [3.05, 3.63) is 60.2 Å². The molecular formula is C23H21NO4. The molecule has 0 bridgehead atoms. The molecule has 5 heteroatoms. The van der Waals surface area contributed by atoms with Crippen molar-refractivity contribution in [1.82, 2.24) is 0 Å². The number of benzene rings is 3. The average molecular weight is 375 g/mol. The first-order chi connectivity index (χ1) is 13.7. The van der Waals surface area contributed by atoms with E-state index in [-0.39, 0.29) is 0 Å². The van der Waals surface area contributed by atoms with Gasteiger partial charge in [0, 0.05) is 11.1 Å². The second kappa shape index (κ2) is 8.36. The lowest BCUT2D eigenvalue weighted by Gasteiger charge is -2.18. The predicted molar refractivity (Wildman–Crippen MR) is 108 cm³/mol. The maximum Gasteiger partial charge on any atom is 0.130 e. The summed E-state index contributed by atoms with van der Waals surface area (Å²) in [5.41, 5.74) is 3.34. The minimum atomic E-state index is 0.480. The molecule has 3 aromatic carbocycles. The number of rotatable bonds is 6. The van der Waals surface area contributed by atoms with Gasteiger partial charge in [-0.3, -0.25) is 0 Å². The third-order valence-corrected chi connectivity index (χ3v) is 4.57. The zero-order chi connectivity index (χ0) is 20.1. The van der Waals surface area contributed by atoms with Gasteiger partial charge in [-0.25, -0.2) is 0 Å². The number of methoxy groups -OCH3 is 4. The average Bonchev–Trinajstić information content (AvgIpc) is 2.77. The van der Waals surface area contributed by atoms with Gasteiger partial charge in [0.2, 0.25) is 0 Å². The molecule has 0 heterocycles. The van der Waals surface area contributed by atoms with E-state index in [0.717, 1.165) is 11.1 Å². The van der Waals surface area contributed by atoms with E-state index >= 15 is 0 Å². The first-order valence-electron chi connectivity index (χ1n) is 8.66. The number of hydrogen-bond acceptors (Lipinski definition) is 5. The van der Waals surface area contributed by atoms with Crippen molar-refractivity contribution < 1.29 is 18.9 Å². The van der Waals surface area contributed by atoms with Gasteiger partial charge in [-0.2, -0.15) is 5.26 Å². The molecule has 28 heavy (non-hydrogen) atoms. The van der Waals surface area contributed by atoms with E-state index in [2.05, 4.69) is 6.07 Å². The zero-order valence-electron chi connectivity index (χ0n) is 16.3. The molecular weight excluding hydrogens is 354 g/mol. The molecule has 0 aliphatic carbocycles. The molecule has 0 aliphatic heterocycles. The van der Waals surface area contributed by atoms with Crippen LogP contribution < -0.4 is 18.9 Å². The minimum Gasteiger partial charge on any atom is -0.496 e. The summed E-state index contributed by atoms with van der Waals surface area (Å²) < 4.78 is 22.2. The van der Waals surface area contributed by atoms with Gasteiger partial charge in [-0.1, -0.05) is 30.3 Å². The van der Waals surface area contributed by atoms with E-state index in [1.165, 1.54) is 0 Å². The Morgan fingerprint density at radius 3 is 1.18 bits per heavy atom. The molecule has 0 atom stereocenters. The first-order valence-corrected chi connectivity index (χ1v) is 8.66. The molecule has 0 fully saturated rings. The second-order valence-electron chi connectivity index (χ2n) is 5.92. The minimum absolute atomic E-state index is 0.480. The van der Waals surface area contributed by atoms with Gasteiger partial charge in [-0.05, 0) is 24.3 Å². The van der Waals surface area contributed by atoms with Crippen LogP contribution in [0.4, 0.5) is 0 Å². The van der Waals surface area contributed by atoms with Crippen LogP contribution in [0.15, 0.2) is 54.6 Å². The Hall–Kier alpha value is -3.65. The van der Waals surface area contributed by atoms with Gasteiger partial charge in [0.15, 0.2) is 0 Å². The van der Waals surface area contributed by atoms with Crippen molar-refractivity contribution in [2.45, 2.75) is 0 Å². The van der Waals surface area contributed by atoms with E-state index in [0.29, 0.717) is 39.7 Å². The Kier molecular flexibility index (Phi) is 5.71. The highest BCUT2D eigenvalue weighted by Crippen LogP contribution is 2.45. The quantitative estimate of drug-likeness (QED) is 0.611. The summed E-state index contributed by atoms with van der Waals surface area (Å²) in [6.07, 6.45) is 0. The Balaban J connectivity index is 2.37. The van der Waals surface area contributed by atoms with Crippen molar-refractivity contribution in [1.29, 1.82) is 5.26 Å². The van der Waals surface area contributed by atoms with Crippen LogP contribution in [0.1, 0.15) is 5.56 Å². The van der Waals surface area contributed by atoms with Crippen LogP contribution in [0.2, 0.25) is 0 Å². The smallest absolute Gasteiger partial charge is 0.130 e. The van der Waals surface area contributed by atoms with E-state index in [1.807, 2.05) is 54.6 Å². The van der Waals surface area contributed by atoms with Crippen LogP contribution in [0.25, 0.3) is 22.3 Å². The highest BCUT2D eigenvalue weighted by atomic mass is 16.5. The van der Waals surface area contributed by atoms with Crippen LogP contribution >= 0.6 is 0 Å². The summed E-state index contributed by atoms with van der Waals surface area (Å²) in [6.45, 7) is 0. The van der Waals surface area contributed by atoms with Gasteiger partial charge in [0.1, 0.15) is 29.1 Å². The molecule has 0 aliphatic rings. The lowest BCUT2D eigenvalue weighted by molar-refractivity contribution is 0.397. The molecule has 0 aromatic heterocycles. The third kappa shape index (κ3) is 3.21. The van der Waals surface area contributed by atoms with Crippen molar-refractivity contribution in [2.75, 3.05) is 28.4 Å². The standard InChI is InChI=1S/C23H21NO4/c1-25-18-10-6-11-19(26-2)22(18)15-8-5-9-16(17(15)14-24)23-20(27-3)12-7-13-21(23)28-4/h5-13H,1-4H3. The molecule has 0 saturated carbocycles. The van der Waals surface area contributed by atoms with Crippen molar-refractivity contribution in [2.24, 2.45) is 0 Å². The number of ether oxygens (including phenoxy) is 4. The monoisotopic (exact) mass is 375 g/mol. The summed E-state index contributed by atoms with van der Waals surface area (Å²) in [6, 6.07) is 19.1. The molecule has 0 spiro atoms. The molecule has 3 aromatic rings. The maximum absolute atomic E-state index is 10.1. The lowest BCUT2D eigenvalue weighted by atomic mass is 9.90. The Bertz CT molecular complexity index is 919. The number of hydrogen-bond donors (Lipinski definition) is 0. The molecule has 0 radical (unpaired) electrons. The van der Waals surface area contributed by atoms with Crippen LogP contribution in [0, 0.1) is 11.3 Å². The molecule has 0 unspecified atom stereocenters. The Morgan fingerprint density at radius 2 is 0.893 bits per heavy atom. The van der Waals surface area contributed by atoms with Gasteiger partial charge in [0.25, 0.3) is 0 Å². The first kappa shape index (κ1) is 19.1. The summed E-state index contributed by atoms with van der Waals surface area (Å²) >= 11 is 0. The van der Waals surface area contributed by atoms with Gasteiger partial charge < -0.3 is 18.9 Å². The predicted octanol–water partition coefficient (Wildman–Crippen LogP) is 4.93. The van der Waals surface area contributed by atoms with Crippen molar-refractivity contribution in [3.63, 3.8) is 0 Å². The van der Waals surface area contributed by atoms with Crippen LogP contribution in [0.5, 0.6) is 23.0 Å². The van der Waals surface area contributed by atoms with Crippen LogP contribution in [0.3, 0.4) is 0 Å². The normalized spacial score (nSPS) is 10.1. The topological polar surface area (TPSA) is 60.7 Å². The zero-order valence-corrected chi connectivity index (χ0v) is 16.3. The highest BCUT2D eigenvalue weighted by Gasteiger charge is 2.22. The lowest BCUT2D eigenvalue weighted by Crippen LogP contribution is -1.98. The largest absolute Gasteiger partial charge is 0.496 e. The molecule has 142 valence electrons. The van der Waals surface area contributed by atoms with Crippen LogP contribution in [-0.2, 0) is 0 Å². The second-order valence-corrected chi connectivity index (χ2v) is 5.92. The van der Waals surface area contributed by atoms with E-state index in [9.17, 15) is 5.26 Å². The fourth-order valence-corrected chi connectivity index (χ4v) is 3.32. The molecule has 3 rings (SSSR count). The van der Waals surface area contributed by atoms with Crippen molar-refractivity contribution >= 4 is 0 Å². The summed E-state index contributed by atoms with van der Waals surface area (Å²) in [5.74, 6) is 2.50. The maximum atomic E-state index is 10.1. The van der Waals surface area contributed by atoms with Gasteiger partial charge in [-0.15, -0.1) is 0 Å². The van der Waals surface area contributed by atoms with Crippen LogP contribution in [-0.4, -0.2) is 28.4 Å². The molecule has 0 N–H and O–H groups in total. The Labute approximate surface area is 164 Å². The molecule has 0 amide bonds. The third-order valence-electron chi connectivity index (χ3n) is 4.57. The van der Waals surface area contributed by atoms with Gasteiger partial charge >= 0.3 is 0 Å². The van der Waals surface area contributed by atoms with Crippen molar-refractivity contribution in [3.8, 4) is 51.3 Å².